The Hall–Kier alpha value is -3.76. The van der Waals surface area contributed by atoms with Crippen molar-refractivity contribution < 1.29 is 31.1 Å². The number of rotatable bonds is 4. The summed E-state index contributed by atoms with van der Waals surface area (Å²) in [4.78, 5) is 0. The smallest absolute Gasteiger partial charge is 0.420 e. The maximum absolute atomic E-state index is 13.2. The van der Waals surface area contributed by atoms with Gasteiger partial charge in [0.2, 0.25) is 11.8 Å². The first-order valence-electron chi connectivity index (χ1n) is 8.76. The molecule has 160 valence electrons. The summed E-state index contributed by atoms with van der Waals surface area (Å²) < 4.78 is 86.7. The molecule has 0 aliphatic rings. The van der Waals surface area contributed by atoms with E-state index >= 15 is 0 Å². The normalized spacial score (nSPS) is 12.2. The maximum atomic E-state index is 13.2. The minimum atomic E-state index is -4.78. The van der Waals surface area contributed by atoms with E-state index in [1.165, 1.54) is 24.3 Å². The van der Waals surface area contributed by atoms with Gasteiger partial charge in [0.05, 0.1) is 11.4 Å². The van der Waals surface area contributed by atoms with Crippen LogP contribution < -0.4 is 4.74 Å². The number of halogens is 6. The summed E-state index contributed by atoms with van der Waals surface area (Å²) in [5.74, 6) is -0.853. The molecule has 4 aromatic rings. The summed E-state index contributed by atoms with van der Waals surface area (Å²) in [5.41, 5.74) is -2.05. The molecule has 5 nitrogen and oxygen atoms in total. The van der Waals surface area contributed by atoms with Crippen LogP contribution in [-0.2, 0) is 12.4 Å². The molecule has 11 heteroatoms. The predicted molar refractivity (Wildman–Crippen MR) is 97.2 cm³/mol. The van der Waals surface area contributed by atoms with E-state index in [-0.39, 0.29) is 11.4 Å². The summed E-state index contributed by atoms with van der Waals surface area (Å²) in [6, 6.07) is 16.8. The fraction of sp³-hybridized carbons (Fsp3) is 0.100. The minimum Gasteiger partial charge on any atom is -0.420 e. The fourth-order valence-electron chi connectivity index (χ4n) is 2.77. The zero-order chi connectivity index (χ0) is 22.2. The maximum Gasteiger partial charge on any atom is 0.435 e. The summed E-state index contributed by atoms with van der Waals surface area (Å²) in [7, 11) is 0. The van der Waals surface area contributed by atoms with Crippen molar-refractivity contribution in [3.8, 4) is 23.1 Å². The molecule has 0 radical (unpaired) electrons. The Balaban J connectivity index is 1.84. The molecule has 0 N–H and O–H groups in total. The van der Waals surface area contributed by atoms with Gasteiger partial charge < -0.3 is 4.74 Å². The quantitative estimate of drug-likeness (QED) is 0.374. The summed E-state index contributed by atoms with van der Waals surface area (Å²) >= 11 is 0. The Bertz CT molecular complexity index is 1090. The summed E-state index contributed by atoms with van der Waals surface area (Å²) in [5, 5.41) is 7.04. The van der Waals surface area contributed by atoms with Gasteiger partial charge >= 0.3 is 12.4 Å². The van der Waals surface area contributed by atoms with E-state index in [2.05, 4.69) is 10.2 Å². The van der Waals surface area contributed by atoms with Crippen molar-refractivity contribution in [2.75, 3.05) is 0 Å². The second-order valence-electron chi connectivity index (χ2n) is 6.33. The number of hydrogen-bond acceptors (Lipinski definition) is 3. The van der Waals surface area contributed by atoms with Crippen LogP contribution in [0.4, 0.5) is 26.3 Å². The Morgan fingerprint density at radius 3 is 1.26 bits per heavy atom. The third-order valence-electron chi connectivity index (χ3n) is 4.14. The average Bonchev–Trinajstić information content (AvgIpc) is 3.34. The molecule has 0 amide bonds. The first kappa shape index (κ1) is 20.5. The molecule has 2 aromatic heterocycles. The fourth-order valence-corrected chi connectivity index (χ4v) is 2.77. The SMILES string of the molecule is FC(F)(F)c1cc(Oc2cc(C(F)(F)F)nn2-c2ccccc2)n(-c2ccccc2)n1. The van der Waals surface area contributed by atoms with Crippen molar-refractivity contribution in [1.29, 1.82) is 0 Å². The third kappa shape index (κ3) is 4.25. The highest BCUT2D eigenvalue weighted by Crippen LogP contribution is 2.37. The molecule has 0 atom stereocenters. The van der Waals surface area contributed by atoms with Gasteiger partial charge in [0.25, 0.3) is 0 Å². The monoisotopic (exact) mass is 438 g/mol. The van der Waals surface area contributed by atoms with Gasteiger partial charge in [0.15, 0.2) is 11.4 Å². The van der Waals surface area contributed by atoms with Gasteiger partial charge in [-0.3, -0.25) is 0 Å². The minimum absolute atomic E-state index is 0.231. The topological polar surface area (TPSA) is 44.9 Å². The zero-order valence-electron chi connectivity index (χ0n) is 15.4. The lowest BCUT2D eigenvalue weighted by molar-refractivity contribution is -0.142. The number of para-hydroxylation sites is 2. The molecule has 0 aliphatic carbocycles. The summed E-state index contributed by atoms with van der Waals surface area (Å²) in [6.07, 6.45) is -9.57. The van der Waals surface area contributed by atoms with Gasteiger partial charge in [-0.1, -0.05) is 36.4 Å². The Morgan fingerprint density at radius 1 is 0.581 bits per heavy atom. The highest BCUT2D eigenvalue weighted by atomic mass is 19.4. The molecular formula is C20H12F6N4O. The van der Waals surface area contributed by atoms with Crippen LogP contribution in [0.15, 0.2) is 72.8 Å². The molecule has 0 spiro atoms. The van der Waals surface area contributed by atoms with Gasteiger partial charge in [0.1, 0.15) is 0 Å². The molecule has 0 fully saturated rings. The molecule has 31 heavy (non-hydrogen) atoms. The Labute approximate surface area is 171 Å². The molecule has 0 saturated carbocycles. The van der Waals surface area contributed by atoms with Crippen LogP contribution in [0.2, 0.25) is 0 Å². The zero-order valence-corrected chi connectivity index (χ0v) is 15.4. The first-order valence-corrected chi connectivity index (χ1v) is 8.76. The van der Waals surface area contributed by atoms with Crippen molar-refractivity contribution in [3.63, 3.8) is 0 Å². The van der Waals surface area contributed by atoms with Crippen LogP contribution in [0.1, 0.15) is 11.4 Å². The Morgan fingerprint density at radius 2 is 0.935 bits per heavy atom. The number of nitrogens with zero attached hydrogens (tertiary/aromatic N) is 4. The standard InChI is InChI=1S/C20H12F6N4O/c21-19(22,23)15-11-17(29(27-15)13-7-3-1-4-8-13)31-18-12-16(20(24,25)26)28-30(18)14-9-5-2-6-10-14/h1-12H. The second-order valence-corrected chi connectivity index (χ2v) is 6.33. The number of hydrogen-bond donors (Lipinski definition) is 0. The van der Waals surface area contributed by atoms with Crippen molar-refractivity contribution in [3.05, 3.63) is 84.2 Å². The Kier molecular flexibility index (Phi) is 4.96. The van der Waals surface area contributed by atoms with Crippen LogP contribution in [0.3, 0.4) is 0 Å². The molecule has 0 saturated heterocycles. The molecular weight excluding hydrogens is 426 g/mol. The second kappa shape index (κ2) is 7.49. The summed E-state index contributed by atoms with van der Waals surface area (Å²) in [6.45, 7) is 0. The van der Waals surface area contributed by atoms with Crippen molar-refractivity contribution in [2.24, 2.45) is 0 Å². The van der Waals surface area contributed by atoms with Crippen LogP contribution in [-0.4, -0.2) is 19.6 Å². The number of benzene rings is 2. The van der Waals surface area contributed by atoms with Crippen LogP contribution in [0, 0.1) is 0 Å². The number of aromatic nitrogens is 4. The van der Waals surface area contributed by atoms with E-state index in [1.54, 1.807) is 36.4 Å². The van der Waals surface area contributed by atoms with E-state index in [1.807, 2.05) is 0 Å². The molecule has 2 heterocycles. The largest absolute Gasteiger partial charge is 0.435 e. The average molecular weight is 438 g/mol. The van der Waals surface area contributed by atoms with Crippen LogP contribution in [0.25, 0.3) is 11.4 Å². The van der Waals surface area contributed by atoms with Gasteiger partial charge in [0, 0.05) is 12.1 Å². The molecule has 4 rings (SSSR count). The van der Waals surface area contributed by atoms with Crippen LogP contribution >= 0.6 is 0 Å². The van der Waals surface area contributed by atoms with Gasteiger partial charge in [-0.15, -0.1) is 0 Å². The van der Waals surface area contributed by atoms with Crippen molar-refractivity contribution in [2.45, 2.75) is 12.4 Å². The van der Waals surface area contributed by atoms with Gasteiger partial charge in [-0.25, -0.2) is 9.36 Å². The molecule has 0 bridgehead atoms. The third-order valence-corrected chi connectivity index (χ3v) is 4.14. The van der Waals surface area contributed by atoms with Crippen molar-refractivity contribution >= 4 is 0 Å². The van der Waals surface area contributed by atoms with E-state index in [4.69, 9.17) is 4.74 Å². The highest BCUT2D eigenvalue weighted by molar-refractivity contribution is 5.40. The van der Waals surface area contributed by atoms with Gasteiger partial charge in [-0.05, 0) is 24.3 Å². The lowest BCUT2D eigenvalue weighted by Crippen LogP contribution is -2.07. The predicted octanol–water partition coefficient (Wildman–Crippen LogP) is 5.89. The van der Waals surface area contributed by atoms with E-state index < -0.39 is 35.5 Å². The van der Waals surface area contributed by atoms with Gasteiger partial charge in [-0.2, -0.15) is 36.5 Å². The lowest BCUT2D eigenvalue weighted by Gasteiger charge is -2.10. The lowest BCUT2D eigenvalue weighted by atomic mass is 10.3. The van der Waals surface area contributed by atoms with Crippen molar-refractivity contribution in [1.82, 2.24) is 19.6 Å². The van der Waals surface area contributed by atoms with E-state index in [9.17, 15) is 26.3 Å². The number of ether oxygens (including phenoxy) is 1. The van der Waals surface area contributed by atoms with Crippen LogP contribution in [0.5, 0.6) is 11.8 Å². The van der Waals surface area contributed by atoms with E-state index in [0.29, 0.717) is 12.1 Å². The molecule has 0 aliphatic heterocycles. The highest BCUT2D eigenvalue weighted by Gasteiger charge is 2.37. The first-order chi connectivity index (χ1) is 14.6. The molecule has 0 unspecified atom stereocenters. The van der Waals surface area contributed by atoms with E-state index in [0.717, 1.165) is 9.36 Å². The number of alkyl halides is 6. The molecule has 2 aromatic carbocycles.